The Morgan fingerprint density at radius 3 is 2.46 bits per heavy atom. The third-order valence-corrected chi connectivity index (χ3v) is 4.66. The zero-order valence-electron chi connectivity index (χ0n) is 17.9. The maximum atomic E-state index is 12.7. The molecule has 12 heteroatoms. The Bertz CT molecular complexity index is 1350. The van der Waals surface area contributed by atoms with Crippen LogP contribution in [0, 0.1) is 0 Å². The topological polar surface area (TPSA) is 109 Å². The molecule has 0 radical (unpaired) electrons. The highest BCUT2D eigenvalue weighted by atomic mass is 19.4. The SMILES string of the molecule is O=C(OCc1nc(-c2ccc(C(F)(F)F)cc2)no1)c1ccc(=O)n(CCOc2ccccc2)n1. The van der Waals surface area contributed by atoms with Gasteiger partial charge in [-0.2, -0.15) is 23.3 Å². The van der Waals surface area contributed by atoms with Crippen LogP contribution in [0.1, 0.15) is 21.9 Å². The second-order valence-electron chi connectivity index (χ2n) is 7.10. The number of benzene rings is 2. The number of para-hydroxylation sites is 1. The first-order valence-corrected chi connectivity index (χ1v) is 10.2. The van der Waals surface area contributed by atoms with Crippen molar-refractivity contribution in [2.45, 2.75) is 19.3 Å². The Labute approximate surface area is 195 Å². The molecular weight excluding hydrogens is 469 g/mol. The molecule has 0 amide bonds. The van der Waals surface area contributed by atoms with Gasteiger partial charge in [0.05, 0.1) is 12.1 Å². The first kappa shape index (κ1) is 23.7. The maximum absolute atomic E-state index is 12.7. The smallest absolute Gasteiger partial charge is 0.416 e. The number of alkyl halides is 3. The largest absolute Gasteiger partial charge is 0.492 e. The molecule has 4 aromatic rings. The van der Waals surface area contributed by atoms with Crippen LogP contribution in [0.3, 0.4) is 0 Å². The lowest BCUT2D eigenvalue weighted by Crippen LogP contribution is -2.27. The molecule has 0 aliphatic heterocycles. The van der Waals surface area contributed by atoms with Gasteiger partial charge in [-0.3, -0.25) is 4.79 Å². The van der Waals surface area contributed by atoms with Gasteiger partial charge < -0.3 is 14.0 Å². The maximum Gasteiger partial charge on any atom is 0.416 e. The van der Waals surface area contributed by atoms with Crippen LogP contribution in [0.2, 0.25) is 0 Å². The summed E-state index contributed by atoms with van der Waals surface area (Å²) in [5, 5.41) is 7.67. The fourth-order valence-electron chi connectivity index (χ4n) is 2.92. The summed E-state index contributed by atoms with van der Waals surface area (Å²) in [6, 6.07) is 15.6. The van der Waals surface area contributed by atoms with Gasteiger partial charge in [-0.1, -0.05) is 35.5 Å². The molecule has 0 aliphatic carbocycles. The summed E-state index contributed by atoms with van der Waals surface area (Å²) in [4.78, 5) is 28.4. The monoisotopic (exact) mass is 486 g/mol. The van der Waals surface area contributed by atoms with Crippen LogP contribution in [-0.4, -0.2) is 32.5 Å². The lowest BCUT2D eigenvalue weighted by atomic mass is 10.1. The van der Waals surface area contributed by atoms with E-state index in [9.17, 15) is 22.8 Å². The molecule has 0 aliphatic rings. The number of ether oxygens (including phenoxy) is 2. The molecule has 0 saturated heterocycles. The summed E-state index contributed by atoms with van der Waals surface area (Å²) >= 11 is 0. The number of hydrogen-bond donors (Lipinski definition) is 0. The van der Waals surface area contributed by atoms with Crippen LogP contribution in [0.4, 0.5) is 13.2 Å². The van der Waals surface area contributed by atoms with Gasteiger partial charge in [-0.25, -0.2) is 9.48 Å². The highest BCUT2D eigenvalue weighted by molar-refractivity contribution is 5.86. The van der Waals surface area contributed by atoms with E-state index in [1.54, 1.807) is 12.1 Å². The molecule has 35 heavy (non-hydrogen) atoms. The highest BCUT2D eigenvalue weighted by Crippen LogP contribution is 2.30. The van der Waals surface area contributed by atoms with Gasteiger partial charge in [0.1, 0.15) is 12.4 Å². The molecule has 4 rings (SSSR count). The van der Waals surface area contributed by atoms with E-state index in [1.807, 2.05) is 18.2 Å². The Balaban J connectivity index is 1.34. The van der Waals surface area contributed by atoms with Gasteiger partial charge in [0.25, 0.3) is 11.4 Å². The van der Waals surface area contributed by atoms with E-state index < -0.39 is 29.9 Å². The molecule has 0 unspecified atom stereocenters. The van der Waals surface area contributed by atoms with Crippen molar-refractivity contribution in [3.63, 3.8) is 0 Å². The van der Waals surface area contributed by atoms with E-state index >= 15 is 0 Å². The molecular formula is C23H17F3N4O5. The predicted molar refractivity (Wildman–Crippen MR) is 114 cm³/mol. The van der Waals surface area contributed by atoms with Gasteiger partial charge >= 0.3 is 12.1 Å². The van der Waals surface area contributed by atoms with E-state index in [0.29, 0.717) is 11.3 Å². The fourth-order valence-corrected chi connectivity index (χ4v) is 2.92. The van der Waals surface area contributed by atoms with Crippen molar-refractivity contribution in [3.05, 3.63) is 94.2 Å². The average Bonchev–Trinajstić information content (AvgIpc) is 3.33. The Morgan fingerprint density at radius 1 is 1.00 bits per heavy atom. The van der Waals surface area contributed by atoms with Gasteiger partial charge in [-0.15, -0.1) is 0 Å². The van der Waals surface area contributed by atoms with Gasteiger partial charge in [0.15, 0.2) is 12.3 Å². The molecule has 180 valence electrons. The van der Waals surface area contributed by atoms with Crippen LogP contribution in [0.5, 0.6) is 5.75 Å². The molecule has 0 N–H and O–H groups in total. The second kappa shape index (κ2) is 10.2. The molecule has 2 heterocycles. The Morgan fingerprint density at radius 2 is 1.74 bits per heavy atom. The summed E-state index contributed by atoms with van der Waals surface area (Å²) in [5.41, 5.74) is -1.05. The van der Waals surface area contributed by atoms with Gasteiger partial charge in [0.2, 0.25) is 5.82 Å². The molecule has 2 aromatic carbocycles. The fraction of sp³-hybridized carbons (Fsp3) is 0.174. The van der Waals surface area contributed by atoms with Crippen molar-refractivity contribution in [1.82, 2.24) is 19.9 Å². The second-order valence-corrected chi connectivity index (χ2v) is 7.10. The highest BCUT2D eigenvalue weighted by Gasteiger charge is 2.30. The standard InChI is InChI=1S/C23H17F3N4O5/c24-23(25,26)16-8-6-15(7-9-16)21-27-19(35-29-21)14-34-22(32)18-10-11-20(31)30(28-18)12-13-33-17-4-2-1-3-5-17/h1-11H,12-14H2. The first-order chi connectivity index (χ1) is 16.8. The summed E-state index contributed by atoms with van der Waals surface area (Å²) in [6.07, 6.45) is -4.46. The molecule has 0 atom stereocenters. The quantitative estimate of drug-likeness (QED) is 0.347. The molecule has 9 nitrogen and oxygen atoms in total. The Kier molecular flexibility index (Phi) is 6.90. The average molecular weight is 486 g/mol. The van der Waals surface area contributed by atoms with E-state index in [4.69, 9.17) is 14.0 Å². The number of aromatic nitrogens is 4. The lowest BCUT2D eigenvalue weighted by Gasteiger charge is -2.08. The number of hydrogen-bond acceptors (Lipinski definition) is 8. The normalized spacial score (nSPS) is 11.3. The van der Waals surface area contributed by atoms with Crippen LogP contribution in [0.15, 0.2) is 76.0 Å². The zero-order chi connectivity index (χ0) is 24.8. The van der Waals surface area contributed by atoms with E-state index in [0.717, 1.165) is 16.8 Å². The molecule has 0 fully saturated rings. The molecule has 0 spiro atoms. The third-order valence-electron chi connectivity index (χ3n) is 4.66. The molecule has 0 bridgehead atoms. The Hall–Kier alpha value is -4.48. The van der Waals surface area contributed by atoms with Crippen molar-refractivity contribution < 1.29 is 32.0 Å². The minimum Gasteiger partial charge on any atom is -0.492 e. The van der Waals surface area contributed by atoms with Gasteiger partial charge in [0, 0.05) is 11.6 Å². The summed E-state index contributed by atoms with van der Waals surface area (Å²) in [5.74, 6) is -0.240. The van der Waals surface area contributed by atoms with Crippen LogP contribution in [-0.2, 0) is 24.1 Å². The van der Waals surface area contributed by atoms with Crippen molar-refractivity contribution in [3.8, 4) is 17.1 Å². The summed E-state index contributed by atoms with van der Waals surface area (Å²) in [6.45, 7) is -0.135. The number of halogens is 3. The third kappa shape index (κ3) is 6.10. The lowest BCUT2D eigenvalue weighted by molar-refractivity contribution is -0.137. The summed E-state index contributed by atoms with van der Waals surface area (Å²) in [7, 11) is 0. The van der Waals surface area contributed by atoms with E-state index in [2.05, 4.69) is 15.2 Å². The number of carbonyl (C=O) groups excluding carboxylic acids is 1. The number of carbonyl (C=O) groups is 1. The summed E-state index contributed by atoms with van der Waals surface area (Å²) < 4.78 is 54.8. The van der Waals surface area contributed by atoms with Crippen molar-refractivity contribution in [2.24, 2.45) is 0 Å². The van der Waals surface area contributed by atoms with Crippen LogP contribution < -0.4 is 10.3 Å². The first-order valence-electron chi connectivity index (χ1n) is 10.2. The molecule has 2 aromatic heterocycles. The minimum atomic E-state index is -4.46. The number of rotatable bonds is 8. The minimum absolute atomic E-state index is 0.0369. The zero-order valence-corrected chi connectivity index (χ0v) is 17.9. The van der Waals surface area contributed by atoms with Crippen LogP contribution in [0.25, 0.3) is 11.4 Å². The van der Waals surface area contributed by atoms with Crippen LogP contribution >= 0.6 is 0 Å². The van der Waals surface area contributed by atoms with E-state index in [-0.39, 0.29) is 30.6 Å². The van der Waals surface area contributed by atoms with E-state index in [1.165, 1.54) is 24.3 Å². The number of esters is 1. The number of nitrogens with zero attached hydrogens (tertiary/aromatic N) is 4. The van der Waals surface area contributed by atoms with Crippen molar-refractivity contribution >= 4 is 5.97 Å². The van der Waals surface area contributed by atoms with Crippen molar-refractivity contribution in [1.29, 1.82) is 0 Å². The molecule has 0 saturated carbocycles. The van der Waals surface area contributed by atoms with Crippen molar-refractivity contribution in [2.75, 3.05) is 6.61 Å². The van der Waals surface area contributed by atoms with Gasteiger partial charge in [-0.05, 0) is 30.3 Å². The predicted octanol–water partition coefficient (Wildman–Crippen LogP) is 3.75.